The van der Waals surface area contributed by atoms with E-state index in [1.165, 1.54) is 12.1 Å². The van der Waals surface area contributed by atoms with Gasteiger partial charge in [-0.15, -0.1) is 0 Å². The molecule has 23 heavy (non-hydrogen) atoms. The van der Waals surface area contributed by atoms with Gasteiger partial charge in [-0.25, -0.2) is 0 Å². The van der Waals surface area contributed by atoms with Crippen molar-refractivity contribution in [3.05, 3.63) is 58.1 Å². The van der Waals surface area contributed by atoms with Crippen LogP contribution in [0.15, 0.2) is 46.9 Å². The molecule has 7 heteroatoms. The molecule has 0 atom stereocenters. The van der Waals surface area contributed by atoms with Crippen LogP contribution in [0.5, 0.6) is 11.5 Å². The van der Waals surface area contributed by atoms with Gasteiger partial charge in [-0.05, 0) is 30.3 Å². The summed E-state index contributed by atoms with van der Waals surface area (Å²) in [7, 11) is 0. The molecule has 0 fully saturated rings. The molecule has 0 saturated carbocycles. The van der Waals surface area contributed by atoms with Crippen LogP contribution >= 0.6 is 15.9 Å². The summed E-state index contributed by atoms with van der Waals surface area (Å²) in [6, 6.07) is 10.6. The van der Waals surface area contributed by atoms with Crippen LogP contribution in [0, 0.1) is 0 Å². The second-order valence-electron chi connectivity index (χ2n) is 4.76. The normalized spacial score (nSPS) is 10.1. The lowest BCUT2D eigenvalue weighted by molar-refractivity contribution is 0.0927. The van der Waals surface area contributed by atoms with Crippen molar-refractivity contribution >= 4 is 27.7 Å². The number of phenols is 2. The van der Waals surface area contributed by atoms with E-state index >= 15 is 0 Å². The van der Waals surface area contributed by atoms with E-state index in [2.05, 4.69) is 26.6 Å². The largest absolute Gasteiger partial charge is 0.508 e. The molecule has 0 unspecified atom stereocenters. The average molecular weight is 379 g/mol. The number of hydrogen-bond acceptors (Lipinski definition) is 4. The van der Waals surface area contributed by atoms with Crippen LogP contribution in [0.1, 0.15) is 20.7 Å². The van der Waals surface area contributed by atoms with Crippen LogP contribution in [-0.4, -0.2) is 35.1 Å². The summed E-state index contributed by atoms with van der Waals surface area (Å²) in [6.07, 6.45) is 0. The summed E-state index contributed by atoms with van der Waals surface area (Å²) in [5, 5.41) is 23.9. The van der Waals surface area contributed by atoms with Crippen molar-refractivity contribution in [2.24, 2.45) is 0 Å². The van der Waals surface area contributed by atoms with Crippen molar-refractivity contribution in [3.63, 3.8) is 0 Å². The van der Waals surface area contributed by atoms with Crippen molar-refractivity contribution in [2.75, 3.05) is 13.1 Å². The van der Waals surface area contributed by atoms with Crippen molar-refractivity contribution in [1.29, 1.82) is 0 Å². The lowest BCUT2D eigenvalue weighted by Gasteiger charge is -2.08. The molecule has 0 heterocycles. The zero-order valence-corrected chi connectivity index (χ0v) is 13.6. The van der Waals surface area contributed by atoms with Gasteiger partial charge in [-0.3, -0.25) is 9.59 Å². The predicted molar refractivity (Wildman–Crippen MR) is 88.6 cm³/mol. The number of amides is 2. The summed E-state index contributed by atoms with van der Waals surface area (Å²) in [5.74, 6) is -1.08. The quantitative estimate of drug-likeness (QED) is 0.598. The fraction of sp³-hybridized carbons (Fsp3) is 0.125. The number of carbonyl (C=O) groups is 2. The van der Waals surface area contributed by atoms with Gasteiger partial charge in [0.2, 0.25) is 0 Å². The Kier molecular flexibility index (Phi) is 5.59. The first-order chi connectivity index (χ1) is 11.0. The summed E-state index contributed by atoms with van der Waals surface area (Å²) in [6.45, 7) is 0.469. The zero-order chi connectivity index (χ0) is 16.8. The molecular formula is C16H15BrN2O4. The molecular weight excluding hydrogens is 364 g/mol. The molecule has 6 nitrogen and oxygen atoms in total. The smallest absolute Gasteiger partial charge is 0.251 e. The first-order valence-corrected chi connectivity index (χ1v) is 7.60. The van der Waals surface area contributed by atoms with E-state index in [1.807, 2.05) is 6.07 Å². The van der Waals surface area contributed by atoms with Gasteiger partial charge < -0.3 is 20.8 Å². The fourth-order valence-corrected chi connectivity index (χ4v) is 2.31. The number of rotatable bonds is 5. The highest BCUT2D eigenvalue weighted by Gasteiger charge is 2.09. The Labute approximate surface area is 141 Å². The van der Waals surface area contributed by atoms with Gasteiger partial charge in [-0.2, -0.15) is 0 Å². The van der Waals surface area contributed by atoms with Gasteiger partial charge in [0.1, 0.15) is 11.5 Å². The Hall–Kier alpha value is -2.54. The van der Waals surface area contributed by atoms with E-state index in [9.17, 15) is 19.8 Å². The third-order valence-corrected chi connectivity index (χ3v) is 3.44. The minimum atomic E-state index is -0.451. The maximum Gasteiger partial charge on any atom is 0.251 e. The molecule has 0 saturated heterocycles. The maximum atomic E-state index is 11.9. The van der Waals surface area contributed by atoms with E-state index in [0.29, 0.717) is 5.56 Å². The SMILES string of the molecule is O=C(NCCNC(=O)c1cccc(Br)c1)c1cc(O)cc(O)c1. The molecule has 4 N–H and O–H groups in total. The minimum absolute atomic E-state index is 0.140. The number of aromatic hydroxyl groups is 2. The lowest BCUT2D eigenvalue weighted by atomic mass is 10.2. The van der Waals surface area contributed by atoms with E-state index in [1.54, 1.807) is 18.2 Å². The van der Waals surface area contributed by atoms with Crippen LogP contribution in [0.4, 0.5) is 0 Å². The molecule has 0 aliphatic rings. The van der Waals surface area contributed by atoms with Gasteiger partial charge in [0.05, 0.1) is 0 Å². The van der Waals surface area contributed by atoms with Crippen LogP contribution in [0.3, 0.4) is 0 Å². The molecule has 2 rings (SSSR count). The zero-order valence-electron chi connectivity index (χ0n) is 12.0. The Morgan fingerprint density at radius 1 is 0.870 bits per heavy atom. The molecule has 2 aromatic rings. The van der Waals surface area contributed by atoms with Gasteiger partial charge in [0.25, 0.3) is 11.8 Å². The molecule has 0 spiro atoms. The Bertz CT molecular complexity index is 714. The third-order valence-electron chi connectivity index (χ3n) is 2.95. The van der Waals surface area contributed by atoms with Crippen molar-refractivity contribution in [3.8, 4) is 11.5 Å². The van der Waals surface area contributed by atoms with Crippen LogP contribution < -0.4 is 10.6 Å². The van der Waals surface area contributed by atoms with E-state index in [0.717, 1.165) is 10.5 Å². The number of halogens is 1. The second-order valence-corrected chi connectivity index (χ2v) is 5.68. The monoisotopic (exact) mass is 378 g/mol. The number of benzene rings is 2. The third kappa shape index (κ3) is 5.00. The van der Waals surface area contributed by atoms with Crippen LogP contribution in [0.25, 0.3) is 0 Å². The van der Waals surface area contributed by atoms with Gasteiger partial charge in [0.15, 0.2) is 0 Å². The highest BCUT2D eigenvalue weighted by Crippen LogP contribution is 2.20. The first-order valence-electron chi connectivity index (χ1n) is 6.80. The molecule has 0 radical (unpaired) electrons. The average Bonchev–Trinajstić information content (AvgIpc) is 2.50. The highest BCUT2D eigenvalue weighted by molar-refractivity contribution is 9.10. The van der Waals surface area contributed by atoms with Crippen molar-refractivity contribution in [2.45, 2.75) is 0 Å². The van der Waals surface area contributed by atoms with E-state index in [4.69, 9.17) is 0 Å². The van der Waals surface area contributed by atoms with Crippen molar-refractivity contribution in [1.82, 2.24) is 10.6 Å². The minimum Gasteiger partial charge on any atom is -0.508 e. The summed E-state index contributed by atoms with van der Waals surface area (Å²) in [5.41, 5.74) is 0.657. The topological polar surface area (TPSA) is 98.7 Å². The van der Waals surface area contributed by atoms with Gasteiger partial charge >= 0.3 is 0 Å². The maximum absolute atomic E-state index is 11.9. The Morgan fingerprint density at radius 2 is 1.43 bits per heavy atom. The molecule has 0 aliphatic carbocycles. The van der Waals surface area contributed by atoms with Crippen molar-refractivity contribution < 1.29 is 19.8 Å². The summed E-state index contributed by atoms with van der Waals surface area (Å²) < 4.78 is 0.808. The van der Waals surface area contributed by atoms with Crippen LogP contribution in [-0.2, 0) is 0 Å². The molecule has 2 aromatic carbocycles. The highest BCUT2D eigenvalue weighted by atomic mass is 79.9. The lowest BCUT2D eigenvalue weighted by Crippen LogP contribution is -2.34. The molecule has 0 aliphatic heterocycles. The summed E-state index contributed by atoms with van der Waals surface area (Å²) in [4.78, 5) is 23.7. The number of hydrogen-bond donors (Lipinski definition) is 4. The number of nitrogens with one attached hydrogen (secondary N) is 2. The number of phenolic OH excluding ortho intramolecular Hbond substituents is 2. The van der Waals surface area contributed by atoms with E-state index < -0.39 is 5.91 Å². The molecule has 2 amide bonds. The molecule has 0 bridgehead atoms. The molecule has 0 aromatic heterocycles. The van der Waals surface area contributed by atoms with Gasteiger partial charge in [0, 0.05) is 34.8 Å². The second kappa shape index (κ2) is 7.64. The first kappa shape index (κ1) is 16.8. The number of carbonyl (C=O) groups excluding carboxylic acids is 2. The van der Waals surface area contributed by atoms with Crippen LogP contribution in [0.2, 0.25) is 0 Å². The Balaban J connectivity index is 1.81. The standard InChI is InChI=1S/C16H15BrN2O4/c17-12-3-1-2-10(6-12)15(22)18-4-5-19-16(23)11-7-13(20)9-14(21)8-11/h1-3,6-9,20-21H,4-5H2,(H,18,22)(H,19,23). The molecule has 120 valence electrons. The predicted octanol–water partition coefficient (Wildman–Crippen LogP) is 2.02. The van der Waals surface area contributed by atoms with Gasteiger partial charge in [-0.1, -0.05) is 22.0 Å². The Morgan fingerprint density at radius 3 is 2.00 bits per heavy atom. The van der Waals surface area contributed by atoms with E-state index in [-0.39, 0.29) is 36.1 Å². The summed E-state index contributed by atoms with van der Waals surface area (Å²) >= 11 is 3.29. The fourth-order valence-electron chi connectivity index (χ4n) is 1.91.